The lowest BCUT2D eigenvalue weighted by atomic mass is 10.1. The zero-order valence-corrected chi connectivity index (χ0v) is 14.8. The molecule has 2 N–H and O–H groups in total. The fraction of sp³-hybridized carbons (Fsp3) is 0.368. The van der Waals surface area contributed by atoms with Gasteiger partial charge in [-0.25, -0.2) is 0 Å². The smallest absolute Gasteiger partial charge is 0.252 e. The van der Waals surface area contributed by atoms with Gasteiger partial charge < -0.3 is 10.6 Å². The molecule has 5 heteroatoms. The molecule has 0 aliphatic carbocycles. The van der Waals surface area contributed by atoms with Crippen molar-refractivity contribution in [2.45, 2.75) is 39.0 Å². The molecule has 0 saturated heterocycles. The van der Waals surface area contributed by atoms with E-state index >= 15 is 0 Å². The summed E-state index contributed by atoms with van der Waals surface area (Å²) in [7, 11) is 0. The van der Waals surface area contributed by atoms with Gasteiger partial charge in [0, 0.05) is 29.6 Å². The number of amides is 2. The van der Waals surface area contributed by atoms with Crippen LogP contribution >= 0.6 is 11.3 Å². The summed E-state index contributed by atoms with van der Waals surface area (Å²) >= 11 is 1.49. The Morgan fingerprint density at radius 2 is 1.88 bits per heavy atom. The summed E-state index contributed by atoms with van der Waals surface area (Å²) < 4.78 is 0. The monoisotopic (exact) mass is 344 g/mol. The van der Waals surface area contributed by atoms with Crippen molar-refractivity contribution in [3.63, 3.8) is 0 Å². The summed E-state index contributed by atoms with van der Waals surface area (Å²) in [4.78, 5) is 23.7. The Labute approximate surface area is 147 Å². The van der Waals surface area contributed by atoms with Crippen LogP contribution in [0, 0.1) is 0 Å². The summed E-state index contributed by atoms with van der Waals surface area (Å²) in [6.45, 7) is 2.68. The first-order valence-corrected chi connectivity index (χ1v) is 9.32. The van der Waals surface area contributed by atoms with E-state index in [1.807, 2.05) is 22.9 Å². The van der Waals surface area contributed by atoms with Crippen molar-refractivity contribution < 1.29 is 9.59 Å². The highest BCUT2D eigenvalue weighted by Gasteiger charge is 2.06. The maximum absolute atomic E-state index is 11.9. The van der Waals surface area contributed by atoms with E-state index in [-0.39, 0.29) is 11.8 Å². The molecule has 128 valence electrons. The summed E-state index contributed by atoms with van der Waals surface area (Å²) in [6, 6.07) is 9.80. The van der Waals surface area contributed by atoms with Crippen LogP contribution in [0.15, 0.2) is 41.1 Å². The number of hydrogen-bond acceptors (Lipinski definition) is 3. The number of unbranched alkanes of at least 4 members (excludes halogenated alkanes) is 1. The van der Waals surface area contributed by atoms with Crippen LogP contribution in [-0.4, -0.2) is 18.4 Å². The Balaban J connectivity index is 1.65. The minimum Gasteiger partial charge on any atom is -0.352 e. The van der Waals surface area contributed by atoms with E-state index in [9.17, 15) is 9.59 Å². The summed E-state index contributed by atoms with van der Waals surface area (Å²) in [6.07, 6.45) is 4.45. The number of thiophene rings is 1. The average molecular weight is 344 g/mol. The lowest BCUT2D eigenvalue weighted by molar-refractivity contribution is -0.116. The van der Waals surface area contributed by atoms with Crippen molar-refractivity contribution in [2.75, 3.05) is 11.9 Å². The molecule has 24 heavy (non-hydrogen) atoms. The minimum absolute atomic E-state index is 0.0268. The molecule has 2 amide bonds. The third-order valence-electron chi connectivity index (χ3n) is 3.71. The highest BCUT2D eigenvalue weighted by Crippen LogP contribution is 2.12. The third-order valence-corrected chi connectivity index (χ3v) is 4.39. The number of aryl methyl sites for hydroxylation is 1. The second kappa shape index (κ2) is 9.88. The number of carbonyl (C=O) groups excluding carboxylic acids is 2. The Hall–Kier alpha value is -2.14. The number of carbonyl (C=O) groups is 2. The van der Waals surface area contributed by atoms with Gasteiger partial charge in [0.05, 0.1) is 0 Å². The van der Waals surface area contributed by atoms with Crippen LogP contribution in [0.25, 0.3) is 0 Å². The second-order valence-electron chi connectivity index (χ2n) is 5.72. The molecule has 1 aromatic carbocycles. The molecule has 0 radical (unpaired) electrons. The Morgan fingerprint density at radius 1 is 1.08 bits per heavy atom. The zero-order valence-electron chi connectivity index (χ0n) is 14.0. The normalized spacial score (nSPS) is 10.4. The average Bonchev–Trinajstić information content (AvgIpc) is 3.12. The van der Waals surface area contributed by atoms with Crippen molar-refractivity contribution in [2.24, 2.45) is 0 Å². The fourth-order valence-corrected chi connectivity index (χ4v) is 2.94. The van der Waals surface area contributed by atoms with Crippen molar-refractivity contribution in [1.29, 1.82) is 0 Å². The van der Waals surface area contributed by atoms with Gasteiger partial charge in [0.2, 0.25) is 5.91 Å². The van der Waals surface area contributed by atoms with Crippen LogP contribution in [0.5, 0.6) is 0 Å². The first-order valence-electron chi connectivity index (χ1n) is 8.38. The number of rotatable bonds is 9. The molecule has 0 aliphatic rings. The van der Waals surface area contributed by atoms with Gasteiger partial charge in [-0.05, 0) is 48.4 Å². The predicted octanol–water partition coefficient (Wildman–Crippen LogP) is 4.24. The number of benzene rings is 1. The van der Waals surface area contributed by atoms with E-state index in [1.165, 1.54) is 29.7 Å². The molecule has 0 unspecified atom stereocenters. The molecular formula is C19H24N2O2S. The first kappa shape index (κ1) is 18.2. The van der Waals surface area contributed by atoms with E-state index in [4.69, 9.17) is 0 Å². The summed E-state index contributed by atoms with van der Waals surface area (Å²) in [5.41, 5.74) is 2.79. The van der Waals surface area contributed by atoms with E-state index in [2.05, 4.69) is 29.7 Å². The molecule has 0 fully saturated rings. The SMILES string of the molecule is CCCCc1ccc(NC(=O)CCCNC(=O)c2ccsc2)cc1. The van der Waals surface area contributed by atoms with Crippen molar-refractivity contribution >= 4 is 28.8 Å². The Kier molecular flexibility index (Phi) is 7.49. The Bertz CT molecular complexity index is 636. The quantitative estimate of drug-likeness (QED) is 0.669. The van der Waals surface area contributed by atoms with Crippen LogP contribution < -0.4 is 10.6 Å². The number of anilines is 1. The fourth-order valence-electron chi connectivity index (χ4n) is 2.31. The molecule has 0 atom stereocenters. The van der Waals surface area contributed by atoms with E-state index in [0.717, 1.165) is 12.1 Å². The largest absolute Gasteiger partial charge is 0.352 e. The van der Waals surface area contributed by atoms with Crippen molar-refractivity contribution in [1.82, 2.24) is 5.32 Å². The lowest BCUT2D eigenvalue weighted by Crippen LogP contribution is -2.25. The molecule has 0 spiro atoms. The third kappa shape index (κ3) is 6.16. The zero-order chi connectivity index (χ0) is 17.2. The van der Waals surface area contributed by atoms with Gasteiger partial charge in [-0.1, -0.05) is 25.5 Å². The van der Waals surface area contributed by atoms with Crippen molar-refractivity contribution in [3.05, 3.63) is 52.2 Å². The first-order chi connectivity index (χ1) is 11.7. The van der Waals surface area contributed by atoms with Crippen LogP contribution in [-0.2, 0) is 11.2 Å². The summed E-state index contributed by atoms with van der Waals surface area (Å²) in [5, 5.41) is 9.39. The standard InChI is InChI=1S/C19H24N2O2S/c1-2-3-5-15-7-9-17(10-8-15)21-18(22)6-4-12-20-19(23)16-11-13-24-14-16/h7-11,13-14H,2-6,12H2,1H3,(H,20,23)(H,21,22). The van der Waals surface area contributed by atoms with Gasteiger partial charge in [0.25, 0.3) is 5.91 Å². The molecule has 4 nitrogen and oxygen atoms in total. The van der Waals surface area contributed by atoms with Gasteiger partial charge in [0.1, 0.15) is 0 Å². The maximum Gasteiger partial charge on any atom is 0.252 e. The molecule has 1 aromatic heterocycles. The van der Waals surface area contributed by atoms with Gasteiger partial charge in [-0.15, -0.1) is 0 Å². The van der Waals surface area contributed by atoms with E-state index in [1.54, 1.807) is 6.07 Å². The number of hydrogen-bond donors (Lipinski definition) is 2. The number of nitrogens with one attached hydrogen (secondary N) is 2. The molecule has 0 bridgehead atoms. The topological polar surface area (TPSA) is 58.2 Å². The molecular weight excluding hydrogens is 320 g/mol. The molecule has 0 aliphatic heterocycles. The summed E-state index contributed by atoms with van der Waals surface area (Å²) in [5.74, 6) is -0.111. The van der Waals surface area contributed by atoms with Crippen LogP contribution in [0.1, 0.15) is 48.5 Å². The highest BCUT2D eigenvalue weighted by molar-refractivity contribution is 7.08. The molecule has 2 aromatic rings. The van der Waals surface area contributed by atoms with Gasteiger partial charge in [-0.3, -0.25) is 9.59 Å². The maximum atomic E-state index is 11.9. The van der Waals surface area contributed by atoms with Gasteiger partial charge in [0.15, 0.2) is 0 Å². The molecule has 0 saturated carbocycles. The van der Waals surface area contributed by atoms with Crippen LogP contribution in [0.3, 0.4) is 0 Å². The second-order valence-corrected chi connectivity index (χ2v) is 6.50. The lowest BCUT2D eigenvalue weighted by Gasteiger charge is -2.07. The van der Waals surface area contributed by atoms with E-state index < -0.39 is 0 Å². The van der Waals surface area contributed by atoms with Gasteiger partial charge >= 0.3 is 0 Å². The van der Waals surface area contributed by atoms with E-state index in [0.29, 0.717) is 24.9 Å². The van der Waals surface area contributed by atoms with Gasteiger partial charge in [-0.2, -0.15) is 11.3 Å². The van der Waals surface area contributed by atoms with Crippen LogP contribution in [0.4, 0.5) is 5.69 Å². The molecule has 2 rings (SSSR count). The predicted molar refractivity (Wildman–Crippen MR) is 99.6 cm³/mol. The van der Waals surface area contributed by atoms with Crippen molar-refractivity contribution in [3.8, 4) is 0 Å². The highest BCUT2D eigenvalue weighted by atomic mass is 32.1. The Morgan fingerprint density at radius 3 is 2.54 bits per heavy atom. The van der Waals surface area contributed by atoms with Crippen LogP contribution in [0.2, 0.25) is 0 Å². The molecule has 1 heterocycles. The minimum atomic E-state index is -0.0840.